The van der Waals surface area contributed by atoms with Gasteiger partial charge in [-0.2, -0.15) is 0 Å². The zero-order valence-electron chi connectivity index (χ0n) is 16.4. The Balaban J connectivity index is 0.00000261. The predicted octanol–water partition coefficient (Wildman–Crippen LogP) is 8.84. The van der Waals surface area contributed by atoms with Crippen LogP contribution in [0.25, 0.3) is 0 Å². The van der Waals surface area contributed by atoms with E-state index in [1.165, 1.54) is 51.4 Å². The van der Waals surface area contributed by atoms with Crippen LogP contribution in [0.2, 0.25) is 0 Å². The van der Waals surface area contributed by atoms with Gasteiger partial charge in [0.2, 0.25) is 0 Å². The molecule has 2 heteroatoms. The molecule has 0 aliphatic heterocycles. The summed E-state index contributed by atoms with van der Waals surface area (Å²) < 4.78 is 28.2. The second-order valence-corrected chi connectivity index (χ2v) is 8.64. The average Bonchev–Trinajstić information content (AvgIpc) is 2.67. The van der Waals surface area contributed by atoms with Gasteiger partial charge in [0.1, 0.15) is 0 Å². The first-order valence-electron chi connectivity index (χ1n) is 10.7. The van der Waals surface area contributed by atoms with E-state index >= 15 is 0 Å². The molecule has 2 fully saturated rings. The molecule has 2 aliphatic carbocycles. The molecule has 0 N–H and O–H groups in total. The van der Waals surface area contributed by atoms with Crippen LogP contribution in [0.3, 0.4) is 0 Å². The zero-order valence-corrected chi connectivity index (χ0v) is 16.4. The van der Waals surface area contributed by atoms with Crippen LogP contribution in [0.15, 0.2) is 24.3 Å². The standard InChI is InChI=1S/C24H34F2.CH4.2H2/c1-3-4-5-6-18-8-10-19(11-9-18)20-12-14-21(15-13-20)22-16-7-17(2)23(25)24(22)26;;;/h3-4,7,16,18-21H,5-6,8-15H2,1-2H3;1H4;2*1H/b4-3+;;;. The van der Waals surface area contributed by atoms with E-state index in [0.29, 0.717) is 11.1 Å². The van der Waals surface area contributed by atoms with Gasteiger partial charge < -0.3 is 0 Å². The highest BCUT2D eigenvalue weighted by atomic mass is 19.2. The lowest BCUT2D eigenvalue weighted by atomic mass is 9.68. The molecule has 0 spiro atoms. The van der Waals surface area contributed by atoms with Crippen LogP contribution in [0, 0.1) is 36.3 Å². The van der Waals surface area contributed by atoms with E-state index < -0.39 is 11.6 Å². The number of halogens is 2. The first kappa shape index (κ1) is 22.1. The van der Waals surface area contributed by atoms with Crippen molar-refractivity contribution >= 4 is 0 Å². The number of allylic oxidation sites excluding steroid dienone is 2. The third kappa shape index (κ3) is 5.42. The number of hydrogen-bond acceptors (Lipinski definition) is 0. The fourth-order valence-corrected chi connectivity index (χ4v) is 5.32. The Morgan fingerprint density at radius 1 is 0.926 bits per heavy atom. The van der Waals surface area contributed by atoms with E-state index in [1.54, 1.807) is 13.0 Å². The topological polar surface area (TPSA) is 0 Å². The molecule has 0 atom stereocenters. The van der Waals surface area contributed by atoms with Gasteiger partial charge in [-0.15, -0.1) is 0 Å². The second kappa shape index (κ2) is 10.4. The van der Waals surface area contributed by atoms with Gasteiger partial charge in [-0.25, -0.2) is 8.78 Å². The Labute approximate surface area is 168 Å². The second-order valence-electron chi connectivity index (χ2n) is 8.64. The van der Waals surface area contributed by atoms with E-state index in [2.05, 4.69) is 19.1 Å². The van der Waals surface area contributed by atoms with Crippen LogP contribution in [0.4, 0.5) is 8.78 Å². The monoisotopic (exact) mass is 380 g/mol. The summed E-state index contributed by atoms with van der Waals surface area (Å²) in [5, 5.41) is 0. The summed E-state index contributed by atoms with van der Waals surface area (Å²) in [5.41, 5.74) is 1.02. The first-order chi connectivity index (χ1) is 12.6. The Morgan fingerprint density at radius 2 is 1.52 bits per heavy atom. The van der Waals surface area contributed by atoms with Gasteiger partial charge in [0.05, 0.1) is 0 Å². The average molecular weight is 381 g/mol. The molecule has 0 nitrogen and oxygen atoms in total. The van der Waals surface area contributed by atoms with Gasteiger partial charge in [0.15, 0.2) is 11.6 Å². The van der Waals surface area contributed by atoms with Crippen molar-refractivity contribution < 1.29 is 11.6 Å². The molecule has 3 rings (SSSR count). The maximum atomic E-state index is 14.3. The molecule has 156 valence electrons. The first-order valence-corrected chi connectivity index (χ1v) is 10.7. The fraction of sp³-hybridized carbons (Fsp3) is 0.680. The van der Waals surface area contributed by atoms with E-state index in [0.717, 1.165) is 30.6 Å². The summed E-state index contributed by atoms with van der Waals surface area (Å²) in [5.74, 6) is 1.55. The van der Waals surface area contributed by atoms with Gasteiger partial charge in [0, 0.05) is 2.85 Å². The lowest BCUT2D eigenvalue weighted by Crippen LogP contribution is -2.25. The third-order valence-corrected chi connectivity index (χ3v) is 7.05. The summed E-state index contributed by atoms with van der Waals surface area (Å²) >= 11 is 0. The van der Waals surface area contributed by atoms with Crippen LogP contribution in [-0.2, 0) is 0 Å². The Bertz CT molecular complexity index is 613. The van der Waals surface area contributed by atoms with Crippen molar-refractivity contribution in [2.45, 2.75) is 91.4 Å². The molecule has 0 radical (unpaired) electrons. The normalized spacial score (nSPS) is 28.9. The molecule has 0 saturated heterocycles. The number of rotatable bonds is 5. The molecule has 0 unspecified atom stereocenters. The lowest BCUT2D eigenvalue weighted by molar-refractivity contribution is 0.156. The maximum Gasteiger partial charge on any atom is 0.162 e. The molecule has 0 amide bonds. The molecule has 27 heavy (non-hydrogen) atoms. The van der Waals surface area contributed by atoms with E-state index in [-0.39, 0.29) is 16.2 Å². The van der Waals surface area contributed by atoms with Crippen LogP contribution >= 0.6 is 0 Å². The van der Waals surface area contributed by atoms with Gasteiger partial charge in [0.25, 0.3) is 0 Å². The van der Waals surface area contributed by atoms with Crippen molar-refractivity contribution in [3.05, 3.63) is 47.0 Å². The largest absolute Gasteiger partial charge is 0.203 e. The van der Waals surface area contributed by atoms with Crippen molar-refractivity contribution in [1.82, 2.24) is 0 Å². The van der Waals surface area contributed by atoms with Gasteiger partial charge in [-0.3, -0.25) is 0 Å². The Hall–Kier alpha value is -1.18. The van der Waals surface area contributed by atoms with Crippen molar-refractivity contribution in [2.75, 3.05) is 0 Å². The fourth-order valence-electron chi connectivity index (χ4n) is 5.32. The molecule has 0 heterocycles. The van der Waals surface area contributed by atoms with Crippen LogP contribution < -0.4 is 0 Å². The van der Waals surface area contributed by atoms with E-state index in [1.807, 2.05) is 6.07 Å². The highest BCUT2D eigenvalue weighted by Crippen LogP contribution is 2.45. The van der Waals surface area contributed by atoms with E-state index in [4.69, 9.17) is 0 Å². The van der Waals surface area contributed by atoms with Crippen LogP contribution in [0.5, 0.6) is 0 Å². The molecule has 2 aliphatic rings. The highest BCUT2D eigenvalue weighted by molar-refractivity contribution is 5.28. The van der Waals surface area contributed by atoms with Gasteiger partial charge >= 0.3 is 0 Å². The molecule has 1 aromatic rings. The van der Waals surface area contributed by atoms with E-state index in [9.17, 15) is 8.78 Å². The molecule has 0 aromatic heterocycles. The minimum atomic E-state index is -0.652. The van der Waals surface area contributed by atoms with Gasteiger partial charge in [-0.1, -0.05) is 44.6 Å². The van der Waals surface area contributed by atoms with Crippen molar-refractivity contribution in [3.63, 3.8) is 0 Å². The quantitative estimate of drug-likeness (QED) is 0.447. The minimum absolute atomic E-state index is 0. The molecular formula is C25H42F2. The molecule has 0 bridgehead atoms. The SMILES string of the molecule is C.C/C=C/CCC1CCC(C2CCC(c3ccc(C)c(F)c3F)CC2)CC1.[HH].[HH]. The van der Waals surface area contributed by atoms with Crippen LogP contribution in [0.1, 0.15) is 98.5 Å². The predicted molar refractivity (Wildman–Crippen MR) is 116 cm³/mol. The Kier molecular flexibility index (Phi) is 8.51. The minimum Gasteiger partial charge on any atom is -0.203 e. The van der Waals surface area contributed by atoms with Crippen molar-refractivity contribution in [1.29, 1.82) is 0 Å². The van der Waals surface area contributed by atoms with Crippen LogP contribution in [-0.4, -0.2) is 0 Å². The summed E-state index contributed by atoms with van der Waals surface area (Å²) in [7, 11) is 0. The van der Waals surface area contributed by atoms with Crippen molar-refractivity contribution in [3.8, 4) is 0 Å². The van der Waals surface area contributed by atoms with Gasteiger partial charge in [-0.05, 0) is 100 Å². The molecule has 1 aromatic carbocycles. The molecule has 2 saturated carbocycles. The number of hydrogen-bond donors (Lipinski definition) is 0. The summed E-state index contributed by atoms with van der Waals surface area (Å²) in [4.78, 5) is 0. The number of benzene rings is 1. The summed E-state index contributed by atoms with van der Waals surface area (Å²) in [6, 6.07) is 3.55. The zero-order chi connectivity index (χ0) is 18.5. The van der Waals surface area contributed by atoms with Crippen molar-refractivity contribution in [2.24, 2.45) is 17.8 Å². The smallest absolute Gasteiger partial charge is 0.162 e. The maximum absolute atomic E-state index is 14.3. The highest BCUT2D eigenvalue weighted by Gasteiger charge is 2.32. The molecular weight excluding hydrogens is 338 g/mol. The summed E-state index contributed by atoms with van der Waals surface area (Å²) in [6.07, 6.45) is 17.0. The summed E-state index contributed by atoms with van der Waals surface area (Å²) in [6.45, 7) is 3.73. The Morgan fingerprint density at radius 3 is 2.11 bits per heavy atom. The number of aryl methyl sites for hydroxylation is 1. The lowest BCUT2D eigenvalue weighted by Gasteiger charge is -2.38. The third-order valence-electron chi connectivity index (χ3n) is 7.05.